The van der Waals surface area contributed by atoms with Crippen molar-refractivity contribution in [3.63, 3.8) is 0 Å². The van der Waals surface area contributed by atoms with Gasteiger partial charge in [-0.1, -0.05) is 0 Å². The van der Waals surface area contributed by atoms with Crippen LogP contribution >= 0.6 is 11.6 Å². The molecule has 0 radical (unpaired) electrons. The lowest BCUT2D eigenvalue weighted by Crippen LogP contribution is -2.10. The monoisotopic (exact) mass is 204 g/mol. The number of aromatic amines is 1. The van der Waals surface area contributed by atoms with Crippen LogP contribution in [0.1, 0.15) is 12.6 Å². The molecule has 1 heterocycles. The average Bonchev–Trinajstić information content (AvgIpc) is 2.30. The Morgan fingerprint density at radius 2 is 2.38 bits per heavy atom. The fourth-order valence-corrected chi connectivity index (χ4v) is 0.953. The van der Waals surface area contributed by atoms with E-state index in [-0.39, 0.29) is 17.8 Å². The van der Waals surface area contributed by atoms with E-state index >= 15 is 0 Å². The van der Waals surface area contributed by atoms with Crippen LogP contribution in [0, 0.1) is 6.92 Å². The predicted octanol–water partition coefficient (Wildman–Crippen LogP) is 1.91. The summed E-state index contributed by atoms with van der Waals surface area (Å²) in [6.07, 6.45) is -0.784. The highest BCUT2D eigenvalue weighted by molar-refractivity contribution is 6.28. The number of nitrogens with zero attached hydrogens (tertiary/aromatic N) is 1. The Labute approximate surface area is 80.0 Å². The lowest BCUT2D eigenvalue weighted by atomic mass is 10.5. The van der Waals surface area contributed by atoms with Gasteiger partial charge >= 0.3 is 6.16 Å². The van der Waals surface area contributed by atoms with E-state index in [0.29, 0.717) is 5.69 Å². The predicted molar refractivity (Wildman–Crippen MR) is 46.0 cm³/mol. The van der Waals surface area contributed by atoms with Crippen LogP contribution in [0.4, 0.5) is 4.79 Å². The van der Waals surface area contributed by atoms with Gasteiger partial charge in [0.15, 0.2) is 0 Å². The summed E-state index contributed by atoms with van der Waals surface area (Å²) in [5.41, 5.74) is 0.582. The Kier molecular flexibility index (Phi) is 3.13. The Balaban J connectivity index is 2.63. The Bertz CT molecular complexity index is 311. The number of ether oxygens (including phenoxy) is 2. The standard InChI is InChI=1S/C7H9ClN2O3/c1-3-12-7(11)13-5-4(2)9-6(8)10-5/h3H2,1-2H3,(H,9,10). The normalized spacial score (nSPS) is 9.77. The number of hydrogen-bond donors (Lipinski definition) is 1. The number of rotatable bonds is 2. The molecular formula is C7H9ClN2O3. The Morgan fingerprint density at radius 1 is 1.69 bits per heavy atom. The third-order valence-corrected chi connectivity index (χ3v) is 1.43. The first-order valence-corrected chi connectivity index (χ1v) is 4.08. The van der Waals surface area contributed by atoms with Crippen molar-refractivity contribution in [2.45, 2.75) is 13.8 Å². The van der Waals surface area contributed by atoms with Crippen LogP contribution in [-0.4, -0.2) is 22.7 Å². The largest absolute Gasteiger partial charge is 0.515 e. The summed E-state index contributed by atoms with van der Waals surface area (Å²) in [5, 5.41) is 0.178. The van der Waals surface area contributed by atoms with Crippen molar-refractivity contribution in [1.82, 2.24) is 9.97 Å². The van der Waals surface area contributed by atoms with Crippen molar-refractivity contribution in [1.29, 1.82) is 0 Å². The molecule has 0 unspecified atom stereocenters. The maximum atomic E-state index is 10.8. The molecule has 0 atom stereocenters. The summed E-state index contributed by atoms with van der Waals surface area (Å²) in [6.45, 7) is 3.63. The number of carbonyl (C=O) groups excluding carboxylic acids is 1. The number of hydrogen-bond acceptors (Lipinski definition) is 4. The summed E-state index contributed by atoms with van der Waals surface area (Å²) >= 11 is 5.53. The van der Waals surface area contributed by atoms with Gasteiger partial charge in [-0.3, -0.25) is 0 Å². The molecule has 0 aromatic carbocycles. The van der Waals surface area contributed by atoms with Crippen molar-refractivity contribution in [3.05, 3.63) is 11.0 Å². The molecule has 0 fully saturated rings. The van der Waals surface area contributed by atoms with Gasteiger partial charge in [0.25, 0.3) is 0 Å². The van der Waals surface area contributed by atoms with Crippen LogP contribution in [-0.2, 0) is 4.74 Å². The van der Waals surface area contributed by atoms with Gasteiger partial charge in [0, 0.05) is 0 Å². The maximum Gasteiger partial charge on any atom is 0.515 e. The average molecular weight is 205 g/mol. The zero-order chi connectivity index (χ0) is 9.84. The van der Waals surface area contributed by atoms with Gasteiger partial charge in [0.05, 0.1) is 12.3 Å². The molecule has 0 amide bonds. The van der Waals surface area contributed by atoms with Gasteiger partial charge in [-0.05, 0) is 25.4 Å². The number of H-pyrrole nitrogens is 1. The quantitative estimate of drug-likeness (QED) is 0.748. The maximum absolute atomic E-state index is 10.8. The minimum Gasteiger partial charge on any atom is -0.434 e. The number of aryl methyl sites for hydroxylation is 1. The first kappa shape index (κ1) is 9.85. The van der Waals surface area contributed by atoms with Crippen LogP contribution < -0.4 is 4.74 Å². The van der Waals surface area contributed by atoms with Crippen LogP contribution in [0.3, 0.4) is 0 Å². The van der Waals surface area contributed by atoms with Crippen molar-refractivity contribution < 1.29 is 14.3 Å². The number of halogens is 1. The summed E-state index contributed by atoms with van der Waals surface area (Å²) in [6, 6.07) is 0. The van der Waals surface area contributed by atoms with Crippen LogP contribution in [0.25, 0.3) is 0 Å². The number of imidazole rings is 1. The third-order valence-electron chi connectivity index (χ3n) is 1.25. The molecule has 0 aliphatic heterocycles. The van der Waals surface area contributed by atoms with Gasteiger partial charge in [-0.15, -0.1) is 0 Å². The van der Waals surface area contributed by atoms with Crippen LogP contribution in [0.15, 0.2) is 0 Å². The molecule has 0 aliphatic carbocycles. The molecule has 0 spiro atoms. The van der Waals surface area contributed by atoms with E-state index in [1.807, 2.05) is 0 Å². The van der Waals surface area contributed by atoms with Gasteiger partial charge in [-0.25, -0.2) is 4.79 Å². The molecule has 0 aliphatic rings. The van der Waals surface area contributed by atoms with Crippen molar-refractivity contribution in [2.75, 3.05) is 6.61 Å². The zero-order valence-corrected chi connectivity index (χ0v) is 8.01. The Morgan fingerprint density at radius 3 is 2.85 bits per heavy atom. The second-order valence-electron chi connectivity index (χ2n) is 2.24. The van der Waals surface area contributed by atoms with E-state index in [4.69, 9.17) is 16.3 Å². The first-order chi connectivity index (χ1) is 6.13. The molecule has 1 N–H and O–H groups in total. The van der Waals surface area contributed by atoms with E-state index < -0.39 is 6.16 Å². The van der Waals surface area contributed by atoms with Gasteiger partial charge in [-0.2, -0.15) is 4.98 Å². The van der Waals surface area contributed by atoms with Crippen molar-refractivity contribution in [2.24, 2.45) is 0 Å². The van der Waals surface area contributed by atoms with E-state index in [1.165, 1.54) is 0 Å². The highest BCUT2D eigenvalue weighted by Crippen LogP contribution is 2.16. The first-order valence-electron chi connectivity index (χ1n) is 3.70. The minimum absolute atomic E-state index is 0.142. The topological polar surface area (TPSA) is 64.2 Å². The van der Waals surface area contributed by atoms with Crippen molar-refractivity contribution >= 4 is 17.8 Å². The van der Waals surface area contributed by atoms with Gasteiger partial charge < -0.3 is 14.5 Å². The summed E-state index contributed by atoms with van der Waals surface area (Å²) in [7, 11) is 0. The fraction of sp³-hybridized carbons (Fsp3) is 0.429. The Hall–Kier alpha value is -1.23. The fourth-order valence-electron chi connectivity index (χ4n) is 0.735. The molecule has 13 heavy (non-hydrogen) atoms. The smallest absolute Gasteiger partial charge is 0.434 e. The molecule has 1 aromatic rings. The highest BCUT2D eigenvalue weighted by atomic mass is 35.5. The molecular weight excluding hydrogens is 196 g/mol. The molecule has 1 rings (SSSR count). The zero-order valence-electron chi connectivity index (χ0n) is 7.26. The summed E-state index contributed by atoms with van der Waals surface area (Å²) < 4.78 is 9.27. The number of carbonyl (C=O) groups is 1. The van der Waals surface area contributed by atoms with E-state index in [9.17, 15) is 4.79 Å². The second kappa shape index (κ2) is 4.13. The summed E-state index contributed by atoms with van der Waals surface area (Å²) in [4.78, 5) is 17.2. The molecule has 1 aromatic heterocycles. The molecule has 0 saturated heterocycles. The second-order valence-corrected chi connectivity index (χ2v) is 2.60. The van der Waals surface area contributed by atoms with Crippen LogP contribution in [0.5, 0.6) is 5.88 Å². The van der Waals surface area contributed by atoms with E-state index in [2.05, 4.69) is 14.7 Å². The van der Waals surface area contributed by atoms with Crippen molar-refractivity contribution in [3.8, 4) is 5.88 Å². The molecule has 6 heteroatoms. The minimum atomic E-state index is -0.784. The van der Waals surface area contributed by atoms with Gasteiger partial charge in [0.1, 0.15) is 0 Å². The lowest BCUT2D eigenvalue weighted by Gasteiger charge is -2.00. The van der Waals surface area contributed by atoms with E-state index in [1.54, 1.807) is 13.8 Å². The molecule has 72 valence electrons. The summed E-state index contributed by atoms with van der Waals surface area (Å²) in [5.74, 6) is 0.142. The van der Waals surface area contributed by atoms with Crippen LogP contribution in [0.2, 0.25) is 5.28 Å². The highest BCUT2D eigenvalue weighted by Gasteiger charge is 2.11. The molecule has 5 nitrogen and oxygen atoms in total. The SMILES string of the molecule is CCOC(=O)Oc1nc(Cl)[nH]c1C. The number of aromatic nitrogens is 2. The number of nitrogens with one attached hydrogen (secondary N) is 1. The van der Waals surface area contributed by atoms with Gasteiger partial charge in [0.2, 0.25) is 11.2 Å². The lowest BCUT2D eigenvalue weighted by molar-refractivity contribution is 0.102. The molecule has 0 saturated carbocycles. The molecule has 0 bridgehead atoms. The van der Waals surface area contributed by atoms with E-state index in [0.717, 1.165) is 0 Å². The third kappa shape index (κ3) is 2.62.